The fourth-order valence-electron chi connectivity index (χ4n) is 2.66. The molecule has 6 nitrogen and oxygen atoms in total. The number of nitrogens with zero attached hydrogens (tertiary/aromatic N) is 2. The van der Waals surface area contributed by atoms with Gasteiger partial charge in [-0.05, 0) is 31.5 Å². The van der Waals surface area contributed by atoms with Gasteiger partial charge in [0.15, 0.2) is 15.8 Å². The number of halogens is 1. The summed E-state index contributed by atoms with van der Waals surface area (Å²) in [4.78, 5) is 6.24. The number of benzene rings is 1. The van der Waals surface area contributed by atoms with Gasteiger partial charge in [-0.1, -0.05) is 23.7 Å². The van der Waals surface area contributed by atoms with Crippen LogP contribution in [0.5, 0.6) is 0 Å². The SMILES string of the molecule is CN=C(NCCOCc1ccc(Cl)cc1)N1CCS(=O)(=O)C(C)(C)C1. The van der Waals surface area contributed by atoms with Crippen LogP contribution >= 0.6 is 11.6 Å². The van der Waals surface area contributed by atoms with Crippen molar-refractivity contribution in [3.8, 4) is 0 Å². The second kappa shape index (κ2) is 8.38. The lowest BCUT2D eigenvalue weighted by atomic mass is 10.2. The summed E-state index contributed by atoms with van der Waals surface area (Å²) in [5.74, 6) is 0.853. The number of nitrogens with one attached hydrogen (secondary N) is 1. The van der Waals surface area contributed by atoms with E-state index in [1.807, 2.05) is 29.2 Å². The first kappa shape index (κ1) is 20.0. The third-order valence-electron chi connectivity index (χ3n) is 4.27. The molecule has 0 bridgehead atoms. The Hall–Kier alpha value is -1.31. The number of ether oxygens (including phenoxy) is 1. The van der Waals surface area contributed by atoms with E-state index in [0.717, 1.165) is 5.56 Å². The first-order valence-electron chi connectivity index (χ1n) is 8.25. The normalized spacial score (nSPS) is 19.7. The van der Waals surface area contributed by atoms with E-state index >= 15 is 0 Å². The van der Waals surface area contributed by atoms with Gasteiger partial charge >= 0.3 is 0 Å². The lowest BCUT2D eigenvalue weighted by molar-refractivity contribution is 0.125. The Labute approximate surface area is 155 Å². The van der Waals surface area contributed by atoms with E-state index in [-0.39, 0.29) is 5.75 Å². The fraction of sp³-hybridized carbons (Fsp3) is 0.588. The van der Waals surface area contributed by atoms with Gasteiger partial charge in [0.25, 0.3) is 0 Å². The number of hydrogen-bond donors (Lipinski definition) is 1. The molecule has 1 fully saturated rings. The number of hydrogen-bond acceptors (Lipinski definition) is 4. The topological polar surface area (TPSA) is 71.0 Å². The molecule has 0 spiro atoms. The summed E-state index contributed by atoms with van der Waals surface area (Å²) in [6, 6.07) is 7.55. The van der Waals surface area contributed by atoms with Crippen LogP contribution in [-0.2, 0) is 21.2 Å². The van der Waals surface area contributed by atoms with Crippen LogP contribution in [0.4, 0.5) is 0 Å². The molecule has 0 atom stereocenters. The molecule has 1 N–H and O–H groups in total. The van der Waals surface area contributed by atoms with Crippen molar-refractivity contribution in [2.45, 2.75) is 25.2 Å². The average molecular weight is 388 g/mol. The van der Waals surface area contributed by atoms with Crippen LogP contribution in [0.1, 0.15) is 19.4 Å². The van der Waals surface area contributed by atoms with Gasteiger partial charge in [-0.2, -0.15) is 0 Å². The third-order valence-corrected chi connectivity index (χ3v) is 7.05. The van der Waals surface area contributed by atoms with Crippen LogP contribution in [0.25, 0.3) is 0 Å². The van der Waals surface area contributed by atoms with E-state index in [1.54, 1.807) is 20.9 Å². The van der Waals surface area contributed by atoms with Gasteiger partial charge in [0, 0.05) is 31.7 Å². The first-order valence-corrected chi connectivity index (χ1v) is 10.3. The summed E-state index contributed by atoms with van der Waals surface area (Å²) >= 11 is 5.85. The summed E-state index contributed by atoms with van der Waals surface area (Å²) in [5.41, 5.74) is 1.07. The molecule has 25 heavy (non-hydrogen) atoms. The molecule has 1 aromatic rings. The Morgan fingerprint density at radius 2 is 2.04 bits per heavy atom. The van der Waals surface area contributed by atoms with Crippen molar-refractivity contribution in [1.82, 2.24) is 10.2 Å². The molecule has 140 valence electrons. The highest BCUT2D eigenvalue weighted by Gasteiger charge is 2.40. The van der Waals surface area contributed by atoms with Crippen molar-refractivity contribution in [3.05, 3.63) is 34.9 Å². The number of aliphatic imine (C=N–C) groups is 1. The standard InChI is InChI=1S/C17H26ClN3O3S/c1-17(2)13-21(9-11-25(17,22)23)16(19-3)20-8-10-24-12-14-4-6-15(18)7-5-14/h4-7H,8-13H2,1-3H3,(H,19,20). The maximum absolute atomic E-state index is 12.1. The minimum atomic E-state index is -3.06. The van der Waals surface area contributed by atoms with Crippen molar-refractivity contribution in [2.75, 3.05) is 39.0 Å². The molecular formula is C17H26ClN3O3S. The number of sulfone groups is 1. The Morgan fingerprint density at radius 3 is 2.64 bits per heavy atom. The zero-order chi connectivity index (χ0) is 18.5. The molecule has 2 rings (SSSR count). The maximum atomic E-state index is 12.1. The molecule has 1 aromatic carbocycles. The number of rotatable bonds is 5. The molecule has 0 amide bonds. The van der Waals surface area contributed by atoms with Gasteiger partial charge in [0.1, 0.15) is 0 Å². The zero-order valence-corrected chi connectivity index (χ0v) is 16.5. The van der Waals surface area contributed by atoms with Crippen LogP contribution in [0.15, 0.2) is 29.3 Å². The lowest BCUT2D eigenvalue weighted by Gasteiger charge is -2.39. The molecule has 0 unspecified atom stereocenters. The van der Waals surface area contributed by atoms with E-state index < -0.39 is 14.6 Å². The van der Waals surface area contributed by atoms with E-state index in [2.05, 4.69) is 10.3 Å². The van der Waals surface area contributed by atoms with Crippen molar-refractivity contribution < 1.29 is 13.2 Å². The predicted octanol–water partition coefficient (Wildman–Crippen LogP) is 1.94. The van der Waals surface area contributed by atoms with Gasteiger partial charge < -0.3 is 15.0 Å². The van der Waals surface area contributed by atoms with Crippen LogP contribution < -0.4 is 5.32 Å². The highest BCUT2D eigenvalue weighted by atomic mass is 35.5. The molecule has 0 saturated carbocycles. The van der Waals surface area contributed by atoms with Crippen LogP contribution in [0, 0.1) is 0 Å². The van der Waals surface area contributed by atoms with E-state index in [0.29, 0.717) is 43.8 Å². The quantitative estimate of drug-likeness (QED) is 0.475. The van der Waals surface area contributed by atoms with Crippen molar-refractivity contribution in [1.29, 1.82) is 0 Å². The van der Waals surface area contributed by atoms with E-state index in [4.69, 9.17) is 16.3 Å². The lowest BCUT2D eigenvalue weighted by Crippen LogP contribution is -2.57. The van der Waals surface area contributed by atoms with Crippen molar-refractivity contribution >= 4 is 27.4 Å². The van der Waals surface area contributed by atoms with Crippen LogP contribution in [0.2, 0.25) is 5.02 Å². The Bertz CT molecular complexity index is 702. The summed E-state index contributed by atoms with van der Waals surface area (Å²) < 4.78 is 29.1. The zero-order valence-electron chi connectivity index (χ0n) is 15.0. The predicted molar refractivity (Wildman–Crippen MR) is 102 cm³/mol. The Balaban J connectivity index is 1.76. The maximum Gasteiger partial charge on any atom is 0.193 e. The average Bonchev–Trinajstić information content (AvgIpc) is 2.55. The van der Waals surface area contributed by atoms with Gasteiger partial charge in [-0.15, -0.1) is 0 Å². The Kier molecular flexibility index (Phi) is 6.71. The molecular weight excluding hydrogens is 362 g/mol. The molecule has 1 aliphatic rings. The van der Waals surface area contributed by atoms with Gasteiger partial charge in [0.2, 0.25) is 0 Å². The number of guanidine groups is 1. The summed E-state index contributed by atoms with van der Waals surface area (Å²) in [6.45, 7) is 6.05. The summed E-state index contributed by atoms with van der Waals surface area (Å²) in [5, 5.41) is 3.94. The van der Waals surface area contributed by atoms with E-state index in [9.17, 15) is 8.42 Å². The highest BCUT2D eigenvalue weighted by molar-refractivity contribution is 7.92. The van der Waals surface area contributed by atoms with Gasteiger partial charge in [-0.3, -0.25) is 4.99 Å². The van der Waals surface area contributed by atoms with Gasteiger partial charge in [0.05, 0.1) is 23.7 Å². The monoisotopic (exact) mass is 387 g/mol. The highest BCUT2D eigenvalue weighted by Crippen LogP contribution is 2.23. The van der Waals surface area contributed by atoms with Crippen molar-refractivity contribution in [3.63, 3.8) is 0 Å². The minimum absolute atomic E-state index is 0.147. The Morgan fingerprint density at radius 1 is 1.36 bits per heavy atom. The summed E-state index contributed by atoms with van der Waals surface area (Å²) in [6.07, 6.45) is 0. The minimum Gasteiger partial charge on any atom is -0.375 e. The molecule has 0 aromatic heterocycles. The molecule has 0 radical (unpaired) electrons. The first-order chi connectivity index (χ1) is 11.7. The largest absolute Gasteiger partial charge is 0.375 e. The fourth-order valence-corrected chi connectivity index (χ4v) is 4.15. The third kappa shape index (κ3) is 5.33. The smallest absolute Gasteiger partial charge is 0.193 e. The van der Waals surface area contributed by atoms with E-state index in [1.165, 1.54) is 0 Å². The van der Waals surface area contributed by atoms with Crippen LogP contribution in [-0.4, -0.2) is 63.1 Å². The molecule has 1 heterocycles. The molecule has 1 saturated heterocycles. The molecule has 0 aliphatic carbocycles. The molecule has 1 aliphatic heterocycles. The second-order valence-corrected chi connectivity index (χ2v) is 9.83. The summed E-state index contributed by atoms with van der Waals surface area (Å²) in [7, 11) is -1.36. The van der Waals surface area contributed by atoms with Crippen molar-refractivity contribution in [2.24, 2.45) is 4.99 Å². The molecule has 8 heteroatoms. The van der Waals surface area contributed by atoms with Gasteiger partial charge in [-0.25, -0.2) is 8.42 Å². The van der Waals surface area contributed by atoms with Crippen LogP contribution in [0.3, 0.4) is 0 Å². The second-order valence-electron chi connectivity index (χ2n) is 6.65.